The van der Waals surface area contributed by atoms with Crippen molar-refractivity contribution in [1.29, 1.82) is 0 Å². The Labute approximate surface area is 99.3 Å². The Hall–Kier alpha value is -1.36. The number of hydrogen-bond donors (Lipinski definition) is 1. The highest BCUT2D eigenvalue weighted by Gasteiger charge is 2.06. The molecule has 0 amide bonds. The van der Waals surface area contributed by atoms with E-state index < -0.39 is 0 Å². The summed E-state index contributed by atoms with van der Waals surface area (Å²) < 4.78 is 1.80. The second-order valence-corrected chi connectivity index (χ2v) is 4.49. The molecule has 2 aromatic rings. The Kier molecular flexibility index (Phi) is 3.56. The van der Waals surface area contributed by atoms with Gasteiger partial charge in [0.25, 0.3) is 0 Å². The van der Waals surface area contributed by atoms with Crippen molar-refractivity contribution in [2.24, 2.45) is 0 Å². The second kappa shape index (κ2) is 5.12. The first-order valence-electron chi connectivity index (χ1n) is 5.55. The molecular formula is C11H16N4S. The summed E-state index contributed by atoms with van der Waals surface area (Å²) in [4.78, 5) is 4.21. The molecule has 1 N–H and O–H groups in total. The van der Waals surface area contributed by atoms with Crippen LogP contribution in [0.3, 0.4) is 0 Å². The monoisotopic (exact) mass is 236 g/mol. The van der Waals surface area contributed by atoms with Crippen LogP contribution in [0, 0.1) is 0 Å². The Bertz CT molecular complexity index is 417. The van der Waals surface area contributed by atoms with Crippen molar-refractivity contribution >= 4 is 17.2 Å². The summed E-state index contributed by atoms with van der Waals surface area (Å²) in [6.07, 6.45) is 5.94. The van der Waals surface area contributed by atoms with Crippen LogP contribution in [0.15, 0.2) is 23.8 Å². The van der Waals surface area contributed by atoms with Crippen molar-refractivity contribution in [3.05, 3.63) is 23.8 Å². The first kappa shape index (κ1) is 11.1. The van der Waals surface area contributed by atoms with Crippen LogP contribution >= 0.6 is 11.3 Å². The number of anilines is 1. The molecule has 0 unspecified atom stereocenters. The summed E-state index contributed by atoms with van der Waals surface area (Å²) in [6.45, 7) is 4.36. The average Bonchev–Trinajstić information content (AvgIpc) is 2.96. The molecule has 2 heterocycles. The van der Waals surface area contributed by atoms with Crippen molar-refractivity contribution in [1.82, 2.24) is 14.8 Å². The lowest BCUT2D eigenvalue weighted by Gasteiger charge is -2.13. The highest BCUT2D eigenvalue weighted by atomic mass is 32.1. The molecule has 0 saturated heterocycles. The van der Waals surface area contributed by atoms with E-state index in [-0.39, 0.29) is 0 Å². The highest BCUT2D eigenvalue weighted by Crippen LogP contribution is 2.14. The fourth-order valence-electron chi connectivity index (χ4n) is 1.54. The van der Waals surface area contributed by atoms with E-state index in [1.54, 1.807) is 22.2 Å². The first-order chi connectivity index (χ1) is 7.83. The minimum absolute atomic E-state index is 0.500. The summed E-state index contributed by atoms with van der Waals surface area (Å²) in [5, 5.41) is 10.7. The van der Waals surface area contributed by atoms with Crippen LogP contribution in [-0.2, 0) is 0 Å². The Morgan fingerprint density at radius 2 is 2.25 bits per heavy atom. The van der Waals surface area contributed by atoms with Gasteiger partial charge in [0.1, 0.15) is 5.82 Å². The van der Waals surface area contributed by atoms with E-state index >= 15 is 0 Å². The van der Waals surface area contributed by atoms with Crippen LogP contribution in [0.4, 0.5) is 5.82 Å². The summed E-state index contributed by atoms with van der Waals surface area (Å²) in [5.74, 6) is 0.920. The van der Waals surface area contributed by atoms with E-state index in [1.165, 1.54) is 0 Å². The average molecular weight is 236 g/mol. The number of hydrogen-bond acceptors (Lipinski definition) is 4. The molecule has 16 heavy (non-hydrogen) atoms. The van der Waals surface area contributed by atoms with E-state index in [2.05, 4.69) is 29.2 Å². The predicted molar refractivity (Wildman–Crippen MR) is 67.2 cm³/mol. The SMILES string of the molecule is CCC(CC)Nc1ccn(-c2nccs2)n1. The lowest BCUT2D eigenvalue weighted by molar-refractivity contribution is 0.666. The minimum Gasteiger partial charge on any atom is -0.366 e. The van der Waals surface area contributed by atoms with Crippen molar-refractivity contribution in [2.45, 2.75) is 32.7 Å². The smallest absolute Gasteiger partial charge is 0.210 e. The van der Waals surface area contributed by atoms with Crippen molar-refractivity contribution in [3.63, 3.8) is 0 Å². The molecule has 5 heteroatoms. The van der Waals surface area contributed by atoms with Crippen molar-refractivity contribution in [3.8, 4) is 5.13 Å². The molecule has 0 saturated carbocycles. The van der Waals surface area contributed by atoms with Gasteiger partial charge in [0.2, 0.25) is 5.13 Å². The van der Waals surface area contributed by atoms with Gasteiger partial charge in [-0.05, 0) is 12.8 Å². The number of aromatic nitrogens is 3. The third-order valence-electron chi connectivity index (χ3n) is 2.54. The van der Waals surface area contributed by atoms with Gasteiger partial charge in [-0.3, -0.25) is 0 Å². The zero-order valence-corrected chi connectivity index (χ0v) is 10.4. The third-order valence-corrected chi connectivity index (χ3v) is 3.30. The van der Waals surface area contributed by atoms with E-state index in [1.807, 2.05) is 17.6 Å². The summed E-state index contributed by atoms with van der Waals surface area (Å²) in [5.41, 5.74) is 0. The zero-order valence-electron chi connectivity index (χ0n) is 9.55. The molecule has 0 aromatic carbocycles. The van der Waals surface area contributed by atoms with Crippen LogP contribution < -0.4 is 5.32 Å². The molecular weight excluding hydrogens is 220 g/mol. The molecule has 0 aliphatic carbocycles. The van der Waals surface area contributed by atoms with E-state index in [0.717, 1.165) is 23.8 Å². The molecule has 0 atom stereocenters. The molecule has 0 bridgehead atoms. The maximum Gasteiger partial charge on any atom is 0.210 e. The largest absolute Gasteiger partial charge is 0.366 e. The van der Waals surface area contributed by atoms with E-state index in [9.17, 15) is 0 Å². The summed E-state index contributed by atoms with van der Waals surface area (Å²) in [7, 11) is 0. The van der Waals surface area contributed by atoms with Gasteiger partial charge in [-0.2, -0.15) is 0 Å². The summed E-state index contributed by atoms with van der Waals surface area (Å²) >= 11 is 1.58. The zero-order chi connectivity index (χ0) is 11.4. The van der Waals surface area contributed by atoms with Gasteiger partial charge < -0.3 is 5.32 Å². The molecule has 0 radical (unpaired) electrons. The normalized spacial score (nSPS) is 10.9. The molecule has 0 spiro atoms. The minimum atomic E-state index is 0.500. The lowest BCUT2D eigenvalue weighted by Crippen LogP contribution is -2.17. The van der Waals surface area contributed by atoms with E-state index in [4.69, 9.17) is 0 Å². The topological polar surface area (TPSA) is 42.7 Å². The number of nitrogens with zero attached hydrogens (tertiary/aromatic N) is 3. The Morgan fingerprint density at radius 3 is 2.88 bits per heavy atom. The molecule has 2 rings (SSSR count). The first-order valence-corrected chi connectivity index (χ1v) is 6.43. The molecule has 0 aliphatic rings. The molecule has 86 valence electrons. The fraction of sp³-hybridized carbons (Fsp3) is 0.455. The molecule has 0 fully saturated rings. The van der Waals surface area contributed by atoms with Gasteiger partial charge in [0, 0.05) is 29.9 Å². The van der Waals surface area contributed by atoms with Gasteiger partial charge in [-0.15, -0.1) is 16.4 Å². The van der Waals surface area contributed by atoms with Gasteiger partial charge in [-0.1, -0.05) is 13.8 Å². The van der Waals surface area contributed by atoms with Crippen LogP contribution in [0.25, 0.3) is 5.13 Å². The third kappa shape index (κ3) is 2.41. The van der Waals surface area contributed by atoms with Crippen molar-refractivity contribution < 1.29 is 0 Å². The van der Waals surface area contributed by atoms with E-state index in [0.29, 0.717) is 6.04 Å². The molecule has 4 nitrogen and oxygen atoms in total. The van der Waals surface area contributed by atoms with Crippen LogP contribution in [-0.4, -0.2) is 20.8 Å². The van der Waals surface area contributed by atoms with Gasteiger partial charge in [-0.25, -0.2) is 9.67 Å². The maximum atomic E-state index is 4.44. The van der Waals surface area contributed by atoms with Gasteiger partial charge in [0.15, 0.2) is 0 Å². The lowest BCUT2D eigenvalue weighted by atomic mass is 10.2. The number of thiazole rings is 1. The Morgan fingerprint density at radius 1 is 1.44 bits per heavy atom. The standard InChI is InChI=1S/C11H16N4S/c1-3-9(4-2)13-10-5-7-15(14-10)11-12-6-8-16-11/h5-9H,3-4H2,1-2H3,(H,13,14). The van der Waals surface area contributed by atoms with Crippen molar-refractivity contribution in [2.75, 3.05) is 5.32 Å². The van der Waals surface area contributed by atoms with Gasteiger partial charge >= 0.3 is 0 Å². The maximum absolute atomic E-state index is 4.44. The second-order valence-electron chi connectivity index (χ2n) is 3.62. The van der Waals surface area contributed by atoms with Crippen LogP contribution in [0.2, 0.25) is 0 Å². The van der Waals surface area contributed by atoms with Crippen LogP contribution in [0.1, 0.15) is 26.7 Å². The quantitative estimate of drug-likeness (QED) is 0.868. The number of rotatable bonds is 5. The fourth-order valence-corrected chi connectivity index (χ4v) is 2.11. The molecule has 2 aromatic heterocycles. The highest BCUT2D eigenvalue weighted by molar-refractivity contribution is 7.12. The predicted octanol–water partition coefficient (Wildman–Crippen LogP) is 2.93. The molecule has 0 aliphatic heterocycles. The van der Waals surface area contributed by atoms with Gasteiger partial charge in [0.05, 0.1) is 0 Å². The van der Waals surface area contributed by atoms with Crippen LogP contribution in [0.5, 0.6) is 0 Å². The number of nitrogens with one attached hydrogen (secondary N) is 1. The summed E-state index contributed by atoms with van der Waals surface area (Å²) in [6, 6.07) is 2.49. The Balaban J connectivity index is 2.08.